The lowest BCUT2D eigenvalue weighted by molar-refractivity contribution is 0.0729. The number of hydrogen-bond acceptors (Lipinski definition) is 6. The minimum atomic E-state index is -0.233. The van der Waals surface area contributed by atoms with E-state index in [9.17, 15) is 4.79 Å². The summed E-state index contributed by atoms with van der Waals surface area (Å²) in [4.78, 5) is 24.6. The fourth-order valence-electron chi connectivity index (χ4n) is 3.73. The lowest BCUT2D eigenvalue weighted by Gasteiger charge is -2.23. The summed E-state index contributed by atoms with van der Waals surface area (Å²) >= 11 is 12.3. The molecule has 34 heavy (non-hydrogen) atoms. The number of carbonyl (C=O) groups is 1. The molecule has 0 aliphatic rings. The predicted molar refractivity (Wildman–Crippen MR) is 129 cm³/mol. The van der Waals surface area contributed by atoms with E-state index >= 15 is 0 Å². The van der Waals surface area contributed by atoms with Gasteiger partial charge in [-0.1, -0.05) is 40.5 Å². The van der Waals surface area contributed by atoms with Crippen molar-refractivity contribution in [2.75, 3.05) is 0 Å². The van der Waals surface area contributed by atoms with Gasteiger partial charge < -0.3 is 13.8 Å². The molecule has 5 rings (SSSR count). The zero-order chi connectivity index (χ0) is 23.7. The summed E-state index contributed by atoms with van der Waals surface area (Å²) in [6.45, 7) is 2.35. The fraction of sp³-hybridized carbons (Fsp3) is 0.120. The first kappa shape index (κ1) is 22.1. The van der Waals surface area contributed by atoms with Gasteiger partial charge in [0.1, 0.15) is 5.69 Å². The van der Waals surface area contributed by atoms with Crippen molar-refractivity contribution in [1.29, 1.82) is 0 Å². The van der Waals surface area contributed by atoms with E-state index in [2.05, 4.69) is 15.1 Å². The molecule has 170 valence electrons. The first-order valence-electron chi connectivity index (χ1n) is 10.4. The second-order valence-electron chi connectivity index (χ2n) is 7.71. The van der Waals surface area contributed by atoms with Crippen molar-refractivity contribution in [3.05, 3.63) is 99.6 Å². The van der Waals surface area contributed by atoms with Gasteiger partial charge in [0.25, 0.3) is 11.6 Å². The van der Waals surface area contributed by atoms with Crippen LogP contribution in [0.15, 0.2) is 76.0 Å². The van der Waals surface area contributed by atoms with Crippen molar-refractivity contribution < 1.29 is 13.7 Å². The quantitative estimate of drug-likeness (QED) is 0.275. The highest BCUT2D eigenvalue weighted by atomic mass is 35.5. The Hall–Kier alpha value is -3.68. The molecule has 4 aromatic heterocycles. The molecule has 0 saturated heterocycles. The van der Waals surface area contributed by atoms with Crippen LogP contribution in [0.2, 0.25) is 10.0 Å². The zero-order valence-corrected chi connectivity index (χ0v) is 19.5. The predicted octanol–water partition coefficient (Wildman–Crippen LogP) is 6.34. The lowest BCUT2D eigenvalue weighted by atomic mass is 10.1. The molecule has 0 fully saturated rings. The van der Waals surface area contributed by atoms with E-state index in [1.807, 2.05) is 24.3 Å². The van der Waals surface area contributed by atoms with Crippen molar-refractivity contribution in [3.63, 3.8) is 0 Å². The number of nitrogens with zero attached hydrogens (tertiary/aromatic N) is 4. The summed E-state index contributed by atoms with van der Waals surface area (Å²) in [5.74, 6) is 0.286. The number of hydrogen-bond donors (Lipinski definition) is 0. The highest BCUT2D eigenvalue weighted by Crippen LogP contribution is 2.29. The second-order valence-corrected chi connectivity index (χ2v) is 8.53. The minimum Gasteiger partial charge on any atom is -0.463 e. The number of amides is 1. The molecular formula is C25H18Cl2N4O3. The van der Waals surface area contributed by atoms with Crippen LogP contribution in [0.3, 0.4) is 0 Å². The average molecular weight is 493 g/mol. The molecule has 1 amide bonds. The molecule has 0 atom stereocenters. The smallest absolute Gasteiger partial charge is 0.259 e. The molecule has 0 aliphatic carbocycles. The van der Waals surface area contributed by atoms with Gasteiger partial charge in [0.2, 0.25) is 0 Å². The molecule has 9 heteroatoms. The summed E-state index contributed by atoms with van der Waals surface area (Å²) in [5.41, 5.74) is 3.30. The van der Waals surface area contributed by atoms with Crippen LogP contribution in [0, 0.1) is 6.92 Å². The van der Waals surface area contributed by atoms with Gasteiger partial charge in [0.15, 0.2) is 5.76 Å². The number of pyridine rings is 2. The third kappa shape index (κ3) is 4.40. The summed E-state index contributed by atoms with van der Waals surface area (Å²) in [5, 5.41) is 5.46. The standard InChI is InChI=1S/C25H18Cl2N4O3/c1-15-23-18(12-21(22-6-4-10-33-22)29-24(23)34-30-15)25(32)31(14-17-5-2-3-9-28-17)13-16-7-8-19(26)20(27)11-16/h2-12H,13-14H2,1H3. The maximum absolute atomic E-state index is 14.0. The van der Waals surface area contributed by atoms with E-state index < -0.39 is 0 Å². The average Bonchev–Trinajstić information content (AvgIpc) is 3.51. The summed E-state index contributed by atoms with van der Waals surface area (Å²) in [6.07, 6.45) is 3.24. The third-order valence-corrected chi connectivity index (χ3v) is 6.08. The molecule has 5 aromatic rings. The van der Waals surface area contributed by atoms with Crippen molar-refractivity contribution >= 4 is 40.2 Å². The van der Waals surface area contributed by atoms with Crippen LogP contribution in [0.25, 0.3) is 22.6 Å². The number of furan rings is 1. The summed E-state index contributed by atoms with van der Waals surface area (Å²) < 4.78 is 10.9. The fourth-order valence-corrected chi connectivity index (χ4v) is 4.05. The second kappa shape index (κ2) is 9.29. The van der Waals surface area contributed by atoms with E-state index in [1.54, 1.807) is 54.6 Å². The largest absolute Gasteiger partial charge is 0.463 e. The zero-order valence-electron chi connectivity index (χ0n) is 18.0. The molecule has 0 unspecified atom stereocenters. The third-order valence-electron chi connectivity index (χ3n) is 5.34. The van der Waals surface area contributed by atoms with Crippen LogP contribution in [-0.4, -0.2) is 25.9 Å². The Labute approximate surface area is 204 Å². The van der Waals surface area contributed by atoms with Gasteiger partial charge in [-0.15, -0.1) is 0 Å². The SMILES string of the molecule is Cc1noc2nc(-c3ccco3)cc(C(=O)N(Cc3ccc(Cl)c(Cl)c3)Cc3ccccn3)c12. The van der Waals surface area contributed by atoms with Crippen LogP contribution in [-0.2, 0) is 13.1 Å². The first-order valence-corrected chi connectivity index (χ1v) is 11.2. The number of carbonyl (C=O) groups excluding carboxylic acids is 1. The Bertz CT molecular complexity index is 1470. The number of aromatic nitrogens is 3. The number of aryl methyl sites for hydroxylation is 1. The molecular weight excluding hydrogens is 475 g/mol. The summed E-state index contributed by atoms with van der Waals surface area (Å²) in [6, 6.07) is 16.1. The van der Waals surface area contributed by atoms with Gasteiger partial charge in [-0.2, -0.15) is 0 Å². The highest BCUT2D eigenvalue weighted by molar-refractivity contribution is 6.42. The topological polar surface area (TPSA) is 85.3 Å². The molecule has 0 aliphatic heterocycles. The molecule has 0 bridgehead atoms. The number of benzene rings is 1. The van der Waals surface area contributed by atoms with E-state index in [1.165, 1.54) is 0 Å². The maximum atomic E-state index is 14.0. The van der Waals surface area contributed by atoms with Gasteiger partial charge in [-0.05, 0) is 55.0 Å². The maximum Gasteiger partial charge on any atom is 0.259 e. The molecule has 0 spiro atoms. The van der Waals surface area contributed by atoms with Crippen LogP contribution >= 0.6 is 23.2 Å². The minimum absolute atomic E-state index is 0.233. The highest BCUT2D eigenvalue weighted by Gasteiger charge is 2.25. The monoisotopic (exact) mass is 492 g/mol. The van der Waals surface area contributed by atoms with Gasteiger partial charge in [-0.3, -0.25) is 9.78 Å². The van der Waals surface area contributed by atoms with E-state index in [4.69, 9.17) is 32.1 Å². The Kier molecular flexibility index (Phi) is 6.04. The van der Waals surface area contributed by atoms with E-state index in [-0.39, 0.29) is 24.7 Å². The van der Waals surface area contributed by atoms with Gasteiger partial charge in [0, 0.05) is 12.7 Å². The van der Waals surface area contributed by atoms with Crippen LogP contribution in [0.1, 0.15) is 27.3 Å². The Morgan fingerprint density at radius 3 is 2.65 bits per heavy atom. The van der Waals surface area contributed by atoms with Gasteiger partial charge in [-0.25, -0.2) is 4.98 Å². The number of halogens is 2. The Morgan fingerprint density at radius 2 is 1.91 bits per heavy atom. The van der Waals surface area contributed by atoms with Crippen LogP contribution in [0.5, 0.6) is 0 Å². The summed E-state index contributed by atoms with van der Waals surface area (Å²) in [7, 11) is 0. The Balaban J connectivity index is 1.60. The number of rotatable bonds is 6. The van der Waals surface area contributed by atoms with Gasteiger partial charge in [0.05, 0.1) is 45.2 Å². The van der Waals surface area contributed by atoms with Gasteiger partial charge >= 0.3 is 0 Å². The van der Waals surface area contributed by atoms with Crippen molar-refractivity contribution in [3.8, 4) is 11.5 Å². The number of fused-ring (bicyclic) bond motifs is 1. The lowest BCUT2D eigenvalue weighted by Crippen LogP contribution is -2.30. The normalized spacial score (nSPS) is 11.1. The molecule has 0 saturated carbocycles. The van der Waals surface area contributed by atoms with E-state index in [0.717, 1.165) is 11.3 Å². The van der Waals surface area contributed by atoms with Crippen LogP contribution < -0.4 is 0 Å². The molecule has 0 N–H and O–H groups in total. The molecule has 1 aromatic carbocycles. The molecule has 0 radical (unpaired) electrons. The molecule has 4 heterocycles. The van der Waals surface area contributed by atoms with Crippen molar-refractivity contribution in [2.24, 2.45) is 0 Å². The van der Waals surface area contributed by atoms with Crippen molar-refractivity contribution in [1.82, 2.24) is 20.0 Å². The first-order chi connectivity index (χ1) is 16.5. The Morgan fingerprint density at radius 1 is 1.03 bits per heavy atom. The van der Waals surface area contributed by atoms with Crippen molar-refractivity contribution in [2.45, 2.75) is 20.0 Å². The van der Waals surface area contributed by atoms with E-state index in [0.29, 0.717) is 38.1 Å². The molecule has 7 nitrogen and oxygen atoms in total. The van der Waals surface area contributed by atoms with Crippen LogP contribution in [0.4, 0.5) is 0 Å².